The topological polar surface area (TPSA) is 74.8 Å². The standard InChI is InChI=1S/C19H13ClIN5O/c20-14-3-1-12(2-4-14)11-26(21)19(27)16-10-23-9-15-17(24-25-18(15)16)13-5-7-22-8-6-13/h1-10H,11H2,(H,24,25). The molecule has 0 spiro atoms. The third kappa shape index (κ3) is 3.65. The summed E-state index contributed by atoms with van der Waals surface area (Å²) in [5.74, 6) is -0.145. The highest BCUT2D eigenvalue weighted by Gasteiger charge is 2.20. The highest BCUT2D eigenvalue weighted by molar-refractivity contribution is 14.1. The predicted octanol–water partition coefficient (Wildman–Crippen LogP) is 4.67. The molecule has 1 aromatic carbocycles. The summed E-state index contributed by atoms with van der Waals surface area (Å²) in [6.45, 7) is 0.457. The molecular weight excluding hydrogens is 477 g/mol. The fraction of sp³-hybridized carbons (Fsp3) is 0.0526. The van der Waals surface area contributed by atoms with Gasteiger partial charge in [-0.05, 0) is 29.8 Å². The number of halogens is 2. The Balaban J connectivity index is 1.66. The number of carbonyl (C=O) groups excluding carboxylic acids is 1. The lowest BCUT2D eigenvalue weighted by Gasteiger charge is -2.15. The van der Waals surface area contributed by atoms with Crippen molar-refractivity contribution in [1.82, 2.24) is 23.3 Å². The second kappa shape index (κ2) is 7.61. The summed E-state index contributed by atoms with van der Waals surface area (Å²) in [5, 5.41) is 8.83. The normalized spacial score (nSPS) is 10.9. The molecule has 1 N–H and O–H groups in total. The van der Waals surface area contributed by atoms with Crippen LogP contribution in [0.4, 0.5) is 0 Å². The molecule has 6 nitrogen and oxygen atoms in total. The summed E-state index contributed by atoms with van der Waals surface area (Å²) in [4.78, 5) is 21.2. The van der Waals surface area contributed by atoms with E-state index in [1.54, 1.807) is 27.9 Å². The van der Waals surface area contributed by atoms with E-state index in [4.69, 9.17) is 11.6 Å². The van der Waals surface area contributed by atoms with E-state index < -0.39 is 0 Å². The molecule has 3 heterocycles. The van der Waals surface area contributed by atoms with Crippen LogP contribution >= 0.6 is 34.5 Å². The number of nitrogens with one attached hydrogen (secondary N) is 1. The molecule has 0 bridgehead atoms. The van der Waals surface area contributed by atoms with E-state index in [0.717, 1.165) is 22.2 Å². The summed E-state index contributed by atoms with van der Waals surface area (Å²) >= 11 is 7.93. The molecule has 0 atom stereocenters. The van der Waals surface area contributed by atoms with Gasteiger partial charge in [-0.3, -0.25) is 23.0 Å². The van der Waals surface area contributed by atoms with Crippen molar-refractivity contribution in [2.24, 2.45) is 0 Å². The third-order valence-electron chi connectivity index (χ3n) is 4.12. The van der Waals surface area contributed by atoms with Crippen LogP contribution in [-0.4, -0.2) is 29.2 Å². The molecule has 4 aromatic rings. The molecule has 4 rings (SSSR count). The molecule has 0 saturated heterocycles. The lowest BCUT2D eigenvalue weighted by molar-refractivity contribution is 0.0884. The van der Waals surface area contributed by atoms with Crippen LogP contribution in [0.1, 0.15) is 15.9 Å². The molecule has 0 unspecified atom stereocenters. The average Bonchev–Trinajstić information content (AvgIpc) is 3.14. The molecule has 1 amide bonds. The fourth-order valence-electron chi connectivity index (χ4n) is 2.78. The molecular formula is C19H13ClIN5O. The number of rotatable bonds is 4. The van der Waals surface area contributed by atoms with E-state index >= 15 is 0 Å². The summed E-state index contributed by atoms with van der Waals surface area (Å²) in [7, 11) is 0. The number of fused-ring (bicyclic) bond motifs is 1. The summed E-state index contributed by atoms with van der Waals surface area (Å²) in [6.07, 6.45) is 6.68. The highest BCUT2D eigenvalue weighted by Crippen LogP contribution is 2.28. The molecule has 0 aliphatic carbocycles. The van der Waals surface area contributed by atoms with Crippen molar-refractivity contribution in [2.45, 2.75) is 6.54 Å². The minimum absolute atomic E-state index is 0.145. The number of amides is 1. The minimum atomic E-state index is -0.145. The van der Waals surface area contributed by atoms with Gasteiger partial charge in [0.05, 0.1) is 40.5 Å². The molecule has 0 aliphatic rings. The predicted molar refractivity (Wildman–Crippen MR) is 112 cm³/mol. The first-order valence-electron chi connectivity index (χ1n) is 8.08. The summed E-state index contributed by atoms with van der Waals surface area (Å²) in [6, 6.07) is 11.2. The SMILES string of the molecule is O=C(c1cncc2c(-c3ccncc3)n[nH]c12)N(I)Cc1ccc(Cl)cc1. The Hall–Kier alpha value is -2.52. The quantitative estimate of drug-likeness (QED) is 0.334. The fourth-order valence-corrected chi connectivity index (χ4v) is 3.56. The monoisotopic (exact) mass is 489 g/mol. The van der Waals surface area contributed by atoms with Crippen LogP contribution in [0.3, 0.4) is 0 Å². The third-order valence-corrected chi connectivity index (χ3v) is 5.15. The van der Waals surface area contributed by atoms with Gasteiger partial charge in [0.25, 0.3) is 5.91 Å². The van der Waals surface area contributed by atoms with Gasteiger partial charge in [-0.15, -0.1) is 0 Å². The van der Waals surface area contributed by atoms with Crippen molar-refractivity contribution in [3.63, 3.8) is 0 Å². The molecule has 0 radical (unpaired) electrons. The Kier molecular flexibility index (Phi) is 5.04. The van der Waals surface area contributed by atoms with Gasteiger partial charge >= 0.3 is 0 Å². The van der Waals surface area contributed by atoms with E-state index in [9.17, 15) is 4.79 Å². The van der Waals surface area contributed by atoms with Crippen molar-refractivity contribution in [3.05, 3.63) is 77.3 Å². The maximum absolute atomic E-state index is 13.0. The maximum atomic E-state index is 13.0. The number of H-pyrrole nitrogens is 1. The zero-order valence-corrected chi connectivity index (χ0v) is 16.8. The van der Waals surface area contributed by atoms with Gasteiger partial charge in [-0.2, -0.15) is 5.10 Å². The smallest absolute Gasteiger partial charge is 0.266 e. The number of benzene rings is 1. The van der Waals surface area contributed by atoms with Crippen LogP contribution in [-0.2, 0) is 6.54 Å². The number of pyridine rings is 2. The molecule has 27 heavy (non-hydrogen) atoms. The Morgan fingerprint density at radius 1 is 1.07 bits per heavy atom. The number of nitrogens with zero attached hydrogens (tertiary/aromatic N) is 4. The van der Waals surface area contributed by atoms with Gasteiger partial charge in [0.2, 0.25) is 0 Å². The Morgan fingerprint density at radius 2 is 1.81 bits per heavy atom. The first-order chi connectivity index (χ1) is 13.1. The lowest BCUT2D eigenvalue weighted by Crippen LogP contribution is -2.21. The number of hydrogen-bond acceptors (Lipinski definition) is 4. The lowest BCUT2D eigenvalue weighted by atomic mass is 10.1. The van der Waals surface area contributed by atoms with Gasteiger partial charge in [-0.25, -0.2) is 0 Å². The van der Waals surface area contributed by atoms with Crippen molar-refractivity contribution in [2.75, 3.05) is 0 Å². The van der Waals surface area contributed by atoms with Gasteiger partial charge in [0, 0.05) is 40.8 Å². The average molecular weight is 490 g/mol. The van der Waals surface area contributed by atoms with Crippen LogP contribution in [0, 0.1) is 0 Å². The summed E-state index contributed by atoms with van der Waals surface area (Å²) < 4.78 is 1.62. The highest BCUT2D eigenvalue weighted by atomic mass is 127. The van der Waals surface area contributed by atoms with Crippen molar-refractivity contribution in [3.8, 4) is 11.3 Å². The minimum Gasteiger partial charge on any atom is -0.276 e. The Bertz CT molecular complexity index is 1100. The van der Waals surface area contributed by atoms with E-state index in [-0.39, 0.29) is 5.91 Å². The van der Waals surface area contributed by atoms with Crippen LogP contribution < -0.4 is 0 Å². The Morgan fingerprint density at radius 3 is 2.56 bits per heavy atom. The zero-order valence-electron chi connectivity index (χ0n) is 13.9. The largest absolute Gasteiger partial charge is 0.276 e. The number of carbonyl (C=O) groups is 1. The van der Waals surface area contributed by atoms with Crippen LogP contribution in [0.2, 0.25) is 5.02 Å². The molecule has 0 aliphatic heterocycles. The van der Waals surface area contributed by atoms with Crippen molar-refractivity contribution < 1.29 is 4.79 Å². The van der Waals surface area contributed by atoms with E-state index in [2.05, 4.69) is 20.2 Å². The molecule has 3 aromatic heterocycles. The first kappa shape index (κ1) is 17.9. The van der Waals surface area contributed by atoms with E-state index in [1.165, 1.54) is 0 Å². The molecule has 134 valence electrons. The van der Waals surface area contributed by atoms with Crippen LogP contribution in [0.15, 0.2) is 61.2 Å². The first-order valence-corrected chi connectivity index (χ1v) is 9.42. The van der Waals surface area contributed by atoms with E-state index in [1.807, 2.05) is 59.3 Å². The van der Waals surface area contributed by atoms with Gasteiger partial charge in [0.15, 0.2) is 0 Å². The second-order valence-electron chi connectivity index (χ2n) is 5.87. The molecule has 0 fully saturated rings. The van der Waals surface area contributed by atoms with Crippen LogP contribution in [0.5, 0.6) is 0 Å². The van der Waals surface area contributed by atoms with Gasteiger partial charge < -0.3 is 0 Å². The molecule has 8 heteroatoms. The number of aromatic amines is 1. The zero-order chi connectivity index (χ0) is 18.8. The maximum Gasteiger partial charge on any atom is 0.266 e. The molecule has 0 saturated carbocycles. The number of aromatic nitrogens is 4. The van der Waals surface area contributed by atoms with Crippen molar-refractivity contribution >= 4 is 51.3 Å². The summed E-state index contributed by atoms with van der Waals surface area (Å²) in [5.41, 5.74) is 3.79. The van der Waals surface area contributed by atoms with Crippen LogP contribution in [0.25, 0.3) is 22.2 Å². The Labute approximate surface area is 174 Å². The van der Waals surface area contributed by atoms with Crippen molar-refractivity contribution in [1.29, 1.82) is 0 Å². The van der Waals surface area contributed by atoms with Gasteiger partial charge in [-0.1, -0.05) is 23.7 Å². The van der Waals surface area contributed by atoms with Gasteiger partial charge in [0.1, 0.15) is 5.69 Å². The number of hydrogen-bond donors (Lipinski definition) is 1. The second-order valence-corrected chi connectivity index (χ2v) is 7.47. The van der Waals surface area contributed by atoms with E-state index in [0.29, 0.717) is 22.6 Å².